The van der Waals surface area contributed by atoms with Crippen LogP contribution in [0.1, 0.15) is 44.6 Å². The molecule has 2 N–H and O–H groups in total. The van der Waals surface area contributed by atoms with Gasteiger partial charge in [-0.05, 0) is 72.9 Å². The molecule has 162 valence electrons. The van der Waals surface area contributed by atoms with E-state index < -0.39 is 16.8 Å². The molecule has 1 atom stereocenters. The number of aromatic amines is 1. The topological polar surface area (TPSA) is 105 Å². The van der Waals surface area contributed by atoms with E-state index in [9.17, 15) is 20.0 Å². The highest BCUT2D eigenvalue weighted by Crippen LogP contribution is 2.42. The van der Waals surface area contributed by atoms with Crippen molar-refractivity contribution in [1.82, 2.24) is 4.98 Å². The monoisotopic (exact) mass is 422 g/mol. The Morgan fingerprint density at radius 1 is 1.23 bits per heavy atom. The lowest BCUT2D eigenvalue weighted by Gasteiger charge is -2.24. The van der Waals surface area contributed by atoms with Gasteiger partial charge in [0.2, 0.25) is 5.75 Å². The first-order chi connectivity index (χ1) is 14.9. The summed E-state index contributed by atoms with van der Waals surface area (Å²) in [5, 5.41) is 22.3. The van der Waals surface area contributed by atoms with Crippen molar-refractivity contribution in [2.45, 2.75) is 51.6 Å². The number of benzene rings is 2. The molecule has 3 aromatic rings. The molecule has 1 heterocycles. The van der Waals surface area contributed by atoms with E-state index >= 15 is 0 Å². The highest BCUT2D eigenvalue weighted by molar-refractivity contribution is 5.87. The summed E-state index contributed by atoms with van der Waals surface area (Å²) in [7, 11) is 0. The quantitative estimate of drug-likeness (QED) is 0.374. The molecule has 0 spiro atoms. The number of hydrogen-bond acceptors (Lipinski definition) is 4. The number of fused-ring (bicyclic) bond motifs is 1. The zero-order chi connectivity index (χ0) is 22.0. The maximum atomic E-state index is 12.0. The molecule has 0 bridgehead atoms. The van der Waals surface area contributed by atoms with Gasteiger partial charge in [-0.2, -0.15) is 0 Å². The van der Waals surface area contributed by atoms with Gasteiger partial charge in [-0.1, -0.05) is 19.4 Å². The number of nitro groups is 1. The Kier molecular flexibility index (Phi) is 5.93. The Morgan fingerprint density at radius 2 is 2.00 bits per heavy atom. The zero-order valence-corrected chi connectivity index (χ0v) is 17.5. The van der Waals surface area contributed by atoms with Crippen LogP contribution in [-0.4, -0.2) is 27.1 Å². The van der Waals surface area contributed by atoms with Gasteiger partial charge >= 0.3 is 11.7 Å². The van der Waals surface area contributed by atoms with Gasteiger partial charge in [0, 0.05) is 23.3 Å². The number of carbonyl (C=O) groups is 1. The highest BCUT2D eigenvalue weighted by Gasteiger charge is 2.27. The number of nitrogens with one attached hydrogen (secondary N) is 1. The van der Waals surface area contributed by atoms with Crippen LogP contribution in [0.15, 0.2) is 42.6 Å². The summed E-state index contributed by atoms with van der Waals surface area (Å²) in [5.74, 6) is -1.30. The van der Waals surface area contributed by atoms with E-state index in [1.54, 1.807) is 6.92 Å². The van der Waals surface area contributed by atoms with Gasteiger partial charge < -0.3 is 14.8 Å². The Balaban J connectivity index is 1.84. The fourth-order valence-corrected chi connectivity index (χ4v) is 4.27. The van der Waals surface area contributed by atoms with Crippen LogP contribution in [0.3, 0.4) is 0 Å². The van der Waals surface area contributed by atoms with Gasteiger partial charge in [-0.25, -0.2) is 0 Å². The first-order valence-electron chi connectivity index (χ1n) is 10.7. The van der Waals surface area contributed by atoms with Crippen molar-refractivity contribution >= 4 is 22.6 Å². The predicted molar refractivity (Wildman–Crippen MR) is 118 cm³/mol. The SMILES string of the molecule is CC(Cc1cc(-c2ccc3[nH]ccc3c2)c(OC2CCCCC2)c([N+](=O)[O-])c1)C(=O)O. The number of nitrogens with zero attached hydrogens (tertiary/aromatic N) is 1. The van der Waals surface area contributed by atoms with Crippen LogP contribution in [0.4, 0.5) is 5.69 Å². The normalized spacial score (nSPS) is 15.6. The molecule has 31 heavy (non-hydrogen) atoms. The van der Waals surface area contributed by atoms with Crippen molar-refractivity contribution in [3.05, 3.63) is 58.3 Å². The van der Waals surface area contributed by atoms with Crippen molar-refractivity contribution in [2.24, 2.45) is 5.92 Å². The van der Waals surface area contributed by atoms with E-state index in [2.05, 4.69) is 4.98 Å². The molecule has 7 nitrogen and oxygen atoms in total. The number of rotatable bonds is 7. The zero-order valence-electron chi connectivity index (χ0n) is 17.5. The van der Waals surface area contributed by atoms with Crippen molar-refractivity contribution in [1.29, 1.82) is 0 Å². The Morgan fingerprint density at radius 3 is 2.71 bits per heavy atom. The van der Waals surface area contributed by atoms with Crippen molar-refractivity contribution < 1.29 is 19.6 Å². The summed E-state index contributed by atoms with van der Waals surface area (Å²) in [6, 6.07) is 11.1. The molecule has 0 amide bonds. The van der Waals surface area contributed by atoms with Crippen LogP contribution < -0.4 is 4.74 Å². The van der Waals surface area contributed by atoms with Gasteiger partial charge in [-0.15, -0.1) is 0 Å². The number of ether oxygens (including phenoxy) is 1. The second-order valence-electron chi connectivity index (χ2n) is 8.35. The lowest BCUT2D eigenvalue weighted by molar-refractivity contribution is -0.386. The summed E-state index contributed by atoms with van der Waals surface area (Å²) in [5.41, 5.74) is 2.93. The van der Waals surface area contributed by atoms with Crippen LogP contribution in [0.2, 0.25) is 0 Å². The van der Waals surface area contributed by atoms with E-state index in [0.717, 1.165) is 48.6 Å². The highest BCUT2D eigenvalue weighted by atomic mass is 16.6. The van der Waals surface area contributed by atoms with Crippen LogP contribution >= 0.6 is 0 Å². The summed E-state index contributed by atoms with van der Waals surface area (Å²) >= 11 is 0. The lowest BCUT2D eigenvalue weighted by Crippen LogP contribution is -2.20. The van der Waals surface area contributed by atoms with Crippen LogP contribution in [0.5, 0.6) is 5.75 Å². The van der Waals surface area contributed by atoms with Gasteiger partial charge in [0.1, 0.15) is 0 Å². The number of carboxylic acids is 1. The van der Waals surface area contributed by atoms with Crippen molar-refractivity contribution in [2.75, 3.05) is 0 Å². The first kappa shape index (κ1) is 20.9. The van der Waals surface area contributed by atoms with E-state index in [-0.39, 0.29) is 24.0 Å². The molecule has 1 fully saturated rings. The summed E-state index contributed by atoms with van der Waals surface area (Å²) in [6.45, 7) is 1.60. The molecule has 1 aromatic heterocycles. The Hall–Kier alpha value is -3.35. The summed E-state index contributed by atoms with van der Waals surface area (Å²) in [4.78, 5) is 26.1. The number of H-pyrrole nitrogens is 1. The minimum atomic E-state index is -0.930. The van der Waals surface area contributed by atoms with Crippen LogP contribution in [0, 0.1) is 16.0 Å². The average molecular weight is 422 g/mol. The Labute approximate surface area is 180 Å². The molecule has 2 aromatic carbocycles. The number of aromatic nitrogens is 1. The molecule has 0 aliphatic heterocycles. The predicted octanol–water partition coefficient (Wildman–Crippen LogP) is 5.72. The van der Waals surface area contributed by atoms with Gasteiger partial charge in [0.05, 0.1) is 16.9 Å². The minimum absolute atomic E-state index is 0.0500. The van der Waals surface area contributed by atoms with Gasteiger partial charge in [0.25, 0.3) is 0 Å². The number of hydrogen-bond donors (Lipinski definition) is 2. The number of carboxylic acid groups (broad SMARTS) is 1. The van der Waals surface area contributed by atoms with Gasteiger partial charge in [-0.3, -0.25) is 14.9 Å². The van der Waals surface area contributed by atoms with Gasteiger partial charge in [0.15, 0.2) is 0 Å². The third kappa shape index (κ3) is 4.55. The molecule has 0 radical (unpaired) electrons. The molecule has 0 saturated heterocycles. The smallest absolute Gasteiger partial charge is 0.311 e. The largest absolute Gasteiger partial charge is 0.483 e. The lowest BCUT2D eigenvalue weighted by atomic mass is 9.94. The first-order valence-corrected chi connectivity index (χ1v) is 10.7. The molecule has 7 heteroatoms. The molecular weight excluding hydrogens is 396 g/mol. The third-order valence-electron chi connectivity index (χ3n) is 5.99. The average Bonchev–Trinajstić information content (AvgIpc) is 3.23. The summed E-state index contributed by atoms with van der Waals surface area (Å²) < 4.78 is 6.27. The maximum absolute atomic E-state index is 12.0. The van der Waals surface area contributed by atoms with E-state index in [4.69, 9.17) is 4.74 Å². The molecule has 1 saturated carbocycles. The van der Waals surface area contributed by atoms with E-state index in [0.29, 0.717) is 11.1 Å². The fourth-order valence-electron chi connectivity index (χ4n) is 4.27. The number of aliphatic carboxylic acids is 1. The molecule has 1 aliphatic carbocycles. The molecule has 4 rings (SSSR count). The van der Waals surface area contributed by atoms with Crippen LogP contribution in [0.25, 0.3) is 22.0 Å². The fraction of sp³-hybridized carbons (Fsp3) is 0.375. The maximum Gasteiger partial charge on any atom is 0.311 e. The molecule has 1 unspecified atom stereocenters. The minimum Gasteiger partial charge on any atom is -0.483 e. The third-order valence-corrected chi connectivity index (χ3v) is 5.99. The molecular formula is C24H26N2O5. The molecule has 1 aliphatic rings. The standard InChI is InChI=1S/C24H26N2O5/c1-15(24(27)28)11-16-12-20(17-7-8-21-18(14-17)9-10-25-21)23(22(13-16)26(29)30)31-19-5-3-2-4-6-19/h7-10,12-15,19,25H,2-6,11H2,1H3,(H,27,28). The summed E-state index contributed by atoms with van der Waals surface area (Å²) in [6.07, 6.45) is 7.03. The van der Waals surface area contributed by atoms with Crippen molar-refractivity contribution in [3.8, 4) is 16.9 Å². The second kappa shape index (κ2) is 8.79. The Bertz CT molecular complexity index is 1110. The van der Waals surface area contributed by atoms with Crippen molar-refractivity contribution in [3.63, 3.8) is 0 Å². The van der Waals surface area contributed by atoms with E-state index in [1.165, 1.54) is 6.07 Å². The van der Waals surface area contributed by atoms with Crippen LogP contribution in [-0.2, 0) is 11.2 Å². The van der Waals surface area contributed by atoms with E-state index in [1.807, 2.05) is 36.5 Å². The number of nitro benzene ring substituents is 1. The second-order valence-corrected chi connectivity index (χ2v) is 8.35.